The second kappa shape index (κ2) is 6.55. The highest BCUT2D eigenvalue weighted by atomic mass is 16.6. The number of anilines is 1. The molecule has 0 bridgehead atoms. The minimum absolute atomic E-state index is 0.168. The molecule has 6 heteroatoms. The first-order valence-electron chi connectivity index (χ1n) is 5.89. The Morgan fingerprint density at radius 2 is 2.39 bits per heavy atom. The smallest absolute Gasteiger partial charge is 0.289 e. The van der Waals surface area contributed by atoms with Gasteiger partial charge in [-0.15, -0.1) is 0 Å². The Bertz CT molecular complexity index is 468. The van der Waals surface area contributed by atoms with Crippen molar-refractivity contribution in [2.75, 3.05) is 5.32 Å². The molecule has 0 aromatic carbocycles. The van der Waals surface area contributed by atoms with Gasteiger partial charge in [0, 0.05) is 12.1 Å². The van der Waals surface area contributed by atoms with Gasteiger partial charge in [-0.05, 0) is 13.3 Å². The Labute approximate surface area is 106 Å². The minimum atomic E-state index is -0.557. The molecular formula is C12H16N4O2. The number of pyridine rings is 1. The Morgan fingerprint density at radius 3 is 2.94 bits per heavy atom. The van der Waals surface area contributed by atoms with Gasteiger partial charge in [0.05, 0.1) is 4.92 Å². The van der Waals surface area contributed by atoms with Crippen molar-refractivity contribution in [1.29, 1.82) is 5.26 Å². The number of nitrogens with one attached hydrogen (secondary N) is 1. The van der Waals surface area contributed by atoms with Crippen LogP contribution in [0.5, 0.6) is 0 Å². The zero-order valence-electron chi connectivity index (χ0n) is 10.5. The lowest BCUT2D eigenvalue weighted by molar-refractivity contribution is -0.385. The molecule has 96 valence electrons. The van der Waals surface area contributed by atoms with Gasteiger partial charge < -0.3 is 5.32 Å². The predicted octanol–water partition coefficient (Wildman–Crippen LogP) is 2.85. The first-order valence-corrected chi connectivity index (χ1v) is 5.89. The Morgan fingerprint density at radius 1 is 1.67 bits per heavy atom. The summed E-state index contributed by atoms with van der Waals surface area (Å²) in [5, 5.41) is 22.6. The third kappa shape index (κ3) is 3.70. The van der Waals surface area contributed by atoms with E-state index in [1.54, 1.807) is 0 Å². The first kappa shape index (κ1) is 13.9. The normalized spacial score (nSPS) is 11.6. The SMILES string of the molecule is CCCCC(C)Nc1ncc([N+](=O)[O-])cc1C#N. The van der Waals surface area contributed by atoms with Gasteiger partial charge in [-0.25, -0.2) is 4.98 Å². The van der Waals surface area contributed by atoms with Crippen LogP contribution in [-0.2, 0) is 0 Å². The Kier molecular flexibility index (Phi) is 5.06. The van der Waals surface area contributed by atoms with E-state index >= 15 is 0 Å². The topological polar surface area (TPSA) is 91.8 Å². The summed E-state index contributed by atoms with van der Waals surface area (Å²) >= 11 is 0. The summed E-state index contributed by atoms with van der Waals surface area (Å²) in [6.07, 6.45) is 4.32. The molecule has 0 aliphatic rings. The van der Waals surface area contributed by atoms with Crippen LogP contribution >= 0.6 is 0 Å². The summed E-state index contributed by atoms with van der Waals surface area (Å²) in [6, 6.07) is 3.35. The van der Waals surface area contributed by atoms with Crippen molar-refractivity contribution in [3.63, 3.8) is 0 Å². The van der Waals surface area contributed by atoms with Crippen LogP contribution in [0.2, 0.25) is 0 Å². The number of aromatic nitrogens is 1. The number of hydrogen-bond acceptors (Lipinski definition) is 5. The van der Waals surface area contributed by atoms with E-state index < -0.39 is 4.92 Å². The number of hydrogen-bond donors (Lipinski definition) is 1. The number of rotatable bonds is 6. The molecule has 0 saturated carbocycles. The molecule has 1 N–H and O–H groups in total. The molecule has 0 aliphatic carbocycles. The average Bonchev–Trinajstić information content (AvgIpc) is 2.36. The fourth-order valence-corrected chi connectivity index (χ4v) is 1.57. The van der Waals surface area contributed by atoms with Gasteiger partial charge in [-0.3, -0.25) is 10.1 Å². The van der Waals surface area contributed by atoms with Gasteiger partial charge in [0.1, 0.15) is 23.6 Å². The van der Waals surface area contributed by atoms with Crippen molar-refractivity contribution in [3.8, 4) is 6.07 Å². The van der Waals surface area contributed by atoms with Crippen LogP contribution in [0.4, 0.5) is 11.5 Å². The second-order valence-corrected chi connectivity index (χ2v) is 4.15. The van der Waals surface area contributed by atoms with Gasteiger partial charge in [0.25, 0.3) is 5.69 Å². The van der Waals surface area contributed by atoms with Crippen LogP contribution in [0.25, 0.3) is 0 Å². The largest absolute Gasteiger partial charge is 0.367 e. The van der Waals surface area contributed by atoms with Crippen molar-refractivity contribution in [2.24, 2.45) is 0 Å². The van der Waals surface area contributed by atoms with Crippen LogP contribution in [0.1, 0.15) is 38.7 Å². The van der Waals surface area contributed by atoms with Crippen LogP contribution < -0.4 is 5.32 Å². The highest BCUT2D eigenvalue weighted by Gasteiger charge is 2.13. The summed E-state index contributed by atoms with van der Waals surface area (Å²) in [5.74, 6) is 0.409. The van der Waals surface area contributed by atoms with Crippen LogP contribution in [0, 0.1) is 21.4 Å². The lowest BCUT2D eigenvalue weighted by Crippen LogP contribution is -2.16. The maximum atomic E-state index is 10.6. The molecule has 1 atom stereocenters. The number of nitriles is 1. The van der Waals surface area contributed by atoms with E-state index in [-0.39, 0.29) is 17.3 Å². The van der Waals surface area contributed by atoms with E-state index in [2.05, 4.69) is 17.2 Å². The predicted molar refractivity (Wildman–Crippen MR) is 68.2 cm³/mol. The summed E-state index contributed by atoms with van der Waals surface area (Å²) in [4.78, 5) is 14.0. The van der Waals surface area contributed by atoms with Crippen LogP contribution in [0.3, 0.4) is 0 Å². The van der Waals surface area contributed by atoms with Crippen molar-refractivity contribution in [3.05, 3.63) is 27.9 Å². The summed E-state index contributed by atoms with van der Waals surface area (Å²) in [7, 11) is 0. The van der Waals surface area contributed by atoms with Crippen LogP contribution in [0.15, 0.2) is 12.3 Å². The number of nitro groups is 1. The molecule has 0 spiro atoms. The third-order valence-corrected chi connectivity index (χ3v) is 2.58. The standard InChI is InChI=1S/C12H16N4O2/c1-3-4-5-9(2)15-12-10(7-13)6-11(8-14-12)16(17)18/h6,8-9H,3-5H2,1-2H3,(H,14,15). The van der Waals surface area contributed by atoms with E-state index in [1.807, 2.05) is 13.0 Å². The third-order valence-electron chi connectivity index (χ3n) is 2.58. The molecule has 1 unspecified atom stereocenters. The maximum Gasteiger partial charge on any atom is 0.289 e. The zero-order valence-corrected chi connectivity index (χ0v) is 10.5. The molecule has 0 saturated heterocycles. The van der Waals surface area contributed by atoms with Crippen LogP contribution in [-0.4, -0.2) is 15.9 Å². The maximum absolute atomic E-state index is 10.6. The molecule has 1 heterocycles. The average molecular weight is 248 g/mol. The first-order chi connectivity index (χ1) is 8.58. The fraction of sp³-hybridized carbons (Fsp3) is 0.500. The van der Waals surface area contributed by atoms with Gasteiger partial charge in [0.15, 0.2) is 0 Å². The highest BCUT2D eigenvalue weighted by Crippen LogP contribution is 2.19. The molecule has 1 aromatic rings. The molecule has 0 amide bonds. The lowest BCUT2D eigenvalue weighted by atomic mass is 10.1. The number of nitrogens with zero attached hydrogens (tertiary/aromatic N) is 3. The highest BCUT2D eigenvalue weighted by molar-refractivity contribution is 5.55. The molecule has 1 rings (SSSR count). The monoisotopic (exact) mass is 248 g/mol. The molecule has 18 heavy (non-hydrogen) atoms. The molecular weight excluding hydrogens is 232 g/mol. The van der Waals surface area contributed by atoms with E-state index in [4.69, 9.17) is 5.26 Å². The molecule has 0 radical (unpaired) electrons. The molecule has 0 fully saturated rings. The molecule has 6 nitrogen and oxygen atoms in total. The Balaban J connectivity index is 2.83. The van der Waals surface area contributed by atoms with Gasteiger partial charge in [-0.1, -0.05) is 19.8 Å². The quantitative estimate of drug-likeness (QED) is 0.617. The van der Waals surface area contributed by atoms with Crippen molar-refractivity contribution < 1.29 is 4.92 Å². The van der Waals surface area contributed by atoms with E-state index in [1.165, 1.54) is 6.07 Å². The van der Waals surface area contributed by atoms with Gasteiger partial charge in [0.2, 0.25) is 0 Å². The van der Waals surface area contributed by atoms with Crippen molar-refractivity contribution in [1.82, 2.24) is 4.98 Å². The van der Waals surface area contributed by atoms with Crippen molar-refractivity contribution in [2.45, 2.75) is 39.2 Å². The zero-order chi connectivity index (χ0) is 13.5. The van der Waals surface area contributed by atoms with Gasteiger partial charge in [-0.2, -0.15) is 5.26 Å². The summed E-state index contributed by atoms with van der Waals surface area (Å²) in [6.45, 7) is 4.11. The number of unbranched alkanes of at least 4 members (excludes halogenated alkanes) is 1. The Hall–Kier alpha value is -2.16. The van der Waals surface area contributed by atoms with E-state index in [9.17, 15) is 10.1 Å². The van der Waals surface area contributed by atoms with E-state index in [0.717, 1.165) is 25.5 Å². The lowest BCUT2D eigenvalue weighted by Gasteiger charge is -2.14. The summed E-state index contributed by atoms with van der Waals surface area (Å²) < 4.78 is 0. The van der Waals surface area contributed by atoms with E-state index in [0.29, 0.717) is 5.82 Å². The minimum Gasteiger partial charge on any atom is -0.367 e. The summed E-state index contributed by atoms with van der Waals surface area (Å²) in [5.41, 5.74) is 0.0332. The van der Waals surface area contributed by atoms with Crippen molar-refractivity contribution >= 4 is 11.5 Å². The second-order valence-electron chi connectivity index (χ2n) is 4.15. The fourth-order valence-electron chi connectivity index (χ4n) is 1.57. The molecule has 1 aromatic heterocycles. The van der Waals surface area contributed by atoms with Gasteiger partial charge >= 0.3 is 0 Å². The molecule has 0 aliphatic heterocycles.